The summed E-state index contributed by atoms with van der Waals surface area (Å²) in [6, 6.07) is 7.46. The second-order valence-corrected chi connectivity index (χ2v) is 5.62. The topological polar surface area (TPSA) is 81.3 Å². The molecule has 1 atom stereocenters. The molecular weight excluding hydrogens is 276 g/mol. The molecule has 2 aromatic rings. The number of hydrogen-bond acceptors (Lipinski definition) is 6. The predicted octanol–water partition coefficient (Wildman–Crippen LogP) is 1.65. The first-order chi connectivity index (χ1) is 9.67. The number of rotatable bonds is 3. The molecule has 1 aromatic carbocycles. The number of amides is 1. The van der Waals surface area contributed by atoms with Gasteiger partial charge in [0.1, 0.15) is 10.8 Å². The molecule has 0 saturated carbocycles. The molecule has 0 radical (unpaired) electrons. The summed E-state index contributed by atoms with van der Waals surface area (Å²) < 4.78 is 5.12. The van der Waals surface area contributed by atoms with Gasteiger partial charge in [0.15, 0.2) is 0 Å². The van der Waals surface area contributed by atoms with Gasteiger partial charge < -0.3 is 15.4 Å². The van der Waals surface area contributed by atoms with E-state index in [1.54, 1.807) is 12.0 Å². The van der Waals surface area contributed by atoms with Crippen LogP contribution in [0.5, 0.6) is 5.75 Å². The van der Waals surface area contributed by atoms with Gasteiger partial charge in [0.25, 0.3) is 0 Å². The number of methoxy groups -OCH3 is 1. The van der Waals surface area contributed by atoms with Crippen molar-refractivity contribution in [3.05, 3.63) is 29.3 Å². The zero-order chi connectivity index (χ0) is 14.1. The molecule has 0 spiro atoms. The highest BCUT2D eigenvalue weighted by atomic mass is 32.1. The molecule has 2 N–H and O–H groups in total. The molecule has 6 nitrogen and oxygen atoms in total. The van der Waals surface area contributed by atoms with Crippen LogP contribution in [-0.2, 0) is 4.79 Å². The zero-order valence-electron chi connectivity index (χ0n) is 10.9. The van der Waals surface area contributed by atoms with Gasteiger partial charge in [-0.15, -0.1) is 10.2 Å². The van der Waals surface area contributed by atoms with Gasteiger partial charge in [-0.05, 0) is 24.3 Å². The molecule has 104 valence electrons. The number of ether oxygens (including phenoxy) is 1. The predicted molar refractivity (Wildman–Crippen MR) is 77.0 cm³/mol. The van der Waals surface area contributed by atoms with Crippen LogP contribution in [-0.4, -0.2) is 29.8 Å². The van der Waals surface area contributed by atoms with Crippen molar-refractivity contribution in [3.8, 4) is 5.75 Å². The van der Waals surface area contributed by atoms with Crippen LogP contribution in [0.2, 0.25) is 0 Å². The Kier molecular flexibility index (Phi) is 3.27. The Morgan fingerprint density at radius 1 is 1.35 bits per heavy atom. The van der Waals surface area contributed by atoms with E-state index >= 15 is 0 Å². The van der Waals surface area contributed by atoms with Crippen LogP contribution in [0.25, 0.3) is 0 Å². The van der Waals surface area contributed by atoms with Gasteiger partial charge in [0.05, 0.1) is 7.11 Å². The number of anilines is 2. The Morgan fingerprint density at radius 2 is 2.10 bits per heavy atom. The number of benzene rings is 1. The number of aromatic nitrogens is 2. The molecule has 3 rings (SSSR count). The molecular formula is C13H14N4O2S. The largest absolute Gasteiger partial charge is 0.497 e. The Bertz CT molecular complexity index is 626. The lowest BCUT2D eigenvalue weighted by molar-refractivity contribution is -0.117. The molecule has 2 heterocycles. The maximum Gasteiger partial charge on any atom is 0.227 e. The first-order valence-corrected chi connectivity index (χ1v) is 7.02. The van der Waals surface area contributed by atoms with Crippen molar-refractivity contribution in [2.24, 2.45) is 0 Å². The second kappa shape index (κ2) is 5.09. The fourth-order valence-electron chi connectivity index (χ4n) is 2.30. The second-order valence-electron chi connectivity index (χ2n) is 4.58. The minimum atomic E-state index is 0.0689. The van der Waals surface area contributed by atoms with Crippen molar-refractivity contribution < 1.29 is 9.53 Å². The van der Waals surface area contributed by atoms with Crippen LogP contribution in [0.3, 0.4) is 0 Å². The molecule has 1 fully saturated rings. The summed E-state index contributed by atoms with van der Waals surface area (Å²) in [7, 11) is 1.62. The van der Waals surface area contributed by atoms with E-state index in [1.807, 2.05) is 24.3 Å². The lowest BCUT2D eigenvalue weighted by atomic mass is 10.1. The molecule has 1 amide bonds. The Labute approximate surface area is 120 Å². The fraction of sp³-hybridized carbons (Fsp3) is 0.308. The van der Waals surface area contributed by atoms with E-state index in [0.717, 1.165) is 16.4 Å². The maximum absolute atomic E-state index is 12.1. The molecule has 20 heavy (non-hydrogen) atoms. The minimum absolute atomic E-state index is 0.0689. The Balaban J connectivity index is 1.79. The molecule has 1 aliphatic heterocycles. The molecule has 1 aromatic heterocycles. The summed E-state index contributed by atoms with van der Waals surface area (Å²) in [5.74, 6) is 0.933. The van der Waals surface area contributed by atoms with Gasteiger partial charge in [-0.25, -0.2) is 0 Å². The van der Waals surface area contributed by atoms with E-state index in [0.29, 0.717) is 18.1 Å². The molecule has 7 heteroatoms. The molecule has 0 bridgehead atoms. The van der Waals surface area contributed by atoms with Gasteiger partial charge in [-0.1, -0.05) is 11.3 Å². The highest BCUT2D eigenvalue weighted by Crippen LogP contribution is 2.34. The Morgan fingerprint density at radius 3 is 2.70 bits per heavy atom. The van der Waals surface area contributed by atoms with Crippen molar-refractivity contribution in [2.45, 2.75) is 12.3 Å². The fourth-order valence-corrected chi connectivity index (χ4v) is 3.00. The van der Waals surface area contributed by atoms with Crippen LogP contribution in [0.15, 0.2) is 24.3 Å². The van der Waals surface area contributed by atoms with E-state index < -0.39 is 0 Å². The number of carbonyl (C=O) groups excluding carboxylic acids is 1. The van der Waals surface area contributed by atoms with Crippen LogP contribution in [0.1, 0.15) is 17.3 Å². The van der Waals surface area contributed by atoms with Crippen molar-refractivity contribution in [2.75, 3.05) is 24.3 Å². The van der Waals surface area contributed by atoms with Crippen LogP contribution in [0.4, 0.5) is 10.8 Å². The highest BCUT2D eigenvalue weighted by molar-refractivity contribution is 7.15. The number of nitrogens with two attached hydrogens (primary N) is 1. The van der Waals surface area contributed by atoms with Gasteiger partial charge in [0, 0.05) is 24.6 Å². The average molecular weight is 290 g/mol. The molecule has 1 saturated heterocycles. The smallest absolute Gasteiger partial charge is 0.227 e. The highest BCUT2D eigenvalue weighted by Gasteiger charge is 2.33. The molecule has 0 unspecified atom stereocenters. The Hall–Kier alpha value is -2.15. The van der Waals surface area contributed by atoms with Gasteiger partial charge in [-0.3, -0.25) is 4.79 Å². The molecule has 1 aliphatic rings. The summed E-state index contributed by atoms with van der Waals surface area (Å²) in [6.45, 7) is 0.611. The number of nitrogen functional groups attached to an aromatic ring is 1. The van der Waals surface area contributed by atoms with Gasteiger partial charge in [-0.2, -0.15) is 0 Å². The van der Waals surface area contributed by atoms with E-state index in [-0.39, 0.29) is 11.8 Å². The standard InChI is InChI=1S/C13H14N4O2S/c1-19-10-4-2-9(3-5-10)17-7-8(6-11(17)18)12-15-16-13(14)20-12/h2-5,8H,6-7H2,1H3,(H2,14,16)/t8-/m1/s1. The lowest BCUT2D eigenvalue weighted by Crippen LogP contribution is -2.24. The van der Waals surface area contributed by atoms with Crippen LogP contribution < -0.4 is 15.4 Å². The van der Waals surface area contributed by atoms with E-state index in [9.17, 15) is 4.79 Å². The zero-order valence-corrected chi connectivity index (χ0v) is 11.8. The SMILES string of the molecule is COc1ccc(N2C[C@H](c3nnc(N)s3)CC2=O)cc1. The maximum atomic E-state index is 12.1. The van der Waals surface area contributed by atoms with Crippen molar-refractivity contribution in [1.82, 2.24) is 10.2 Å². The summed E-state index contributed by atoms with van der Waals surface area (Å²) >= 11 is 1.35. The van der Waals surface area contributed by atoms with Gasteiger partial charge in [0.2, 0.25) is 11.0 Å². The monoisotopic (exact) mass is 290 g/mol. The van der Waals surface area contributed by atoms with E-state index in [4.69, 9.17) is 10.5 Å². The minimum Gasteiger partial charge on any atom is -0.497 e. The average Bonchev–Trinajstić information content (AvgIpc) is 3.05. The third kappa shape index (κ3) is 2.32. The number of hydrogen-bond donors (Lipinski definition) is 1. The quantitative estimate of drug-likeness (QED) is 0.929. The number of nitrogens with zero attached hydrogens (tertiary/aromatic N) is 3. The van der Waals surface area contributed by atoms with Crippen molar-refractivity contribution in [1.29, 1.82) is 0 Å². The lowest BCUT2D eigenvalue weighted by Gasteiger charge is -2.16. The summed E-state index contributed by atoms with van der Waals surface area (Å²) in [5.41, 5.74) is 6.46. The number of carbonyl (C=O) groups is 1. The first kappa shape index (κ1) is 12.9. The van der Waals surface area contributed by atoms with E-state index in [2.05, 4.69) is 10.2 Å². The summed E-state index contributed by atoms with van der Waals surface area (Å²) in [6.07, 6.45) is 0.445. The van der Waals surface area contributed by atoms with Crippen LogP contribution in [0, 0.1) is 0 Å². The summed E-state index contributed by atoms with van der Waals surface area (Å²) in [5, 5.41) is 9.10. The van der Waals surface area contributed by atoms with Crippen LogP contribution >= 0.6 is 11.3 Å². The van der Waals surface area contributed by atoms with Gasteiger partial charge >= 0.3 is 0 Å². The summed E-state index contributed by atoms with van der Waals surface area (Å²) in [4.78, 5) is 13.9. The van der Waals surface area contributed by atoms with E-state index in [1.165, 1.54) is 11.3 Å². The molecule has 0 aliphatic carbocycles. The normalized spacial score (nSPS) is 18.6. The van der Waals surface area contributed by atoms with Crippen molar-refractivity contribution in [3.63, 3.8) is 0 Å². The third-order valence-corrected chi connectivity index (χ3v) is 4.23. The third-order valence-electron chi connectivity index (χ3n) is 3.31. The first-order valence-electron chi connectivity index (χ1n) is 6.20. The van der Waals surface area contributed by atoms with Crippen molar-refractivity contribution >= 4 is 28.1 Å².